The van der Waals surface area contributed by atoms with Gasteiger partial charge in [0.1, 0.15) is 6.10 Å². The summed E-state index contributed by atoms with van der Waals surface area (Å²) < 4.78 is 43.7. The van der Waals surface area contributed by atoms with Gasteiger partial charge in [0.2, 0.25) is 0 Å². The number of halogens is 3. The molecule has 2 fully saturated rings. The van der Waals surface area contributed by atoms with Crippen LogP contribution < -0.4 is 0 Å². The molecule has 2 aliphatic carbocycles. The summed E-state index contributed by atoms with van der Waals surface area (Å²) in [4.78, 5) is 11.6. The molecule has 0 heterocycles. The lowest BCUT2D eigenvalue weighted by atomic mass is 9.79. The van der Waals surface area contributed by atoms with Gasteiger partial charge in [-0.25, -0.2) is 4.79 Å². The second kappa shape index (κ2) is 5.30. The van der Waals surface area contributed by atoms with Crippen LogP contribution in [0.4, 0.5) is 13.2 Å². The van der Waals surface area contributed by atoms with E-state index in [1.165, 1.54) is 0 Å². The normalized spacial score (nSPS) is 34.6. The minimum atomic E-state index is -4.64. The molecular formula is C15H21F3O3. The van der Waals surface area contributed by atoms with Crippen molar-refractivity contribution in [2.24, 2.45) is 17.8 Å². The van der Waals surface area contributed by atoms with Gasteiger partial charge in [-0.3, -0.25) is 0 Å². The predicted octanol–water partition coefficient (Wildman–Crippen LogP) is 3.22. The van der Waals surface area contributed by atoms with E-state index in [-0.39, 0.29) is 35.9 Å². The van der Waals surface area contributed by atoms with Crippen molar-refractivity contribution in [3.63, 3.8) is 0 Å². The molecule has 6 heteroatoms. The average Bonchev–Trinajstić information content (AvgIpc) is 2.85. The molecule has 0 amide bonds. The second-order valence-electron chi connectivity index (χ2n) is 6.70. The van der Waals surface area contributed by atoms with Gasteiger partial charge in [-0.05, 0) is 57.3 Å². The van der Waals surface area contributed by atoms with Crippen molar-refractivity contribution < 1.29 is 27.8 Å². The number of hydrogen-bond acceptors (Lipinski definition) is 3. The zero-order valence-corrected chi connectivity index (χ0v) is 12.2. The summed E-state index contributed by atoms with van der Waals surface area (Å²) in [7, 11) is 0. The van der Waals surface area contributed by atoms with Crippen LogP contribution >= 0.6 is 0 Å². The Balaban J connectivity index is 2.01. The first-order chi connectivity index (χ1) is 9.51. The Morgan fingerprint density at radius 3 is 2.43 bits per heavy atom. The Morgan fingerprint density at radius 2 is 1.95 bits per heavy atom. The van der Waals surface area contributed by atoms with Crippen LogP contribution in [0.25, 0.3) is 0 Å². The van der Waals surface area contributed by atoms with Crippen molar-refractivity contribution in [2.75, 3.05) is 0 Å². The maximum atomic E-state index is 12.8. The van der Waals surface area contributed by atoms with Gasteiger partial charge in [0.25, 0.3) is 0 Å². The minimum absolute atomic E-state index is 0.0906. The zero-order chi connectivity index (χ0) is 16.0. The molecule has 21 heavy (non-hydrogen) atoms. The first kappa shape index (κ1) is 16.3. The molecule has 120 valence electrons. The molecule has 5 unspecified atom stereocenters. The molecule has 2 aliphatic rings. The maximum Gasteiger partial charge on any atom is 0.416 e. The molecule has 0 saturated heterocycles. The van der Waals surface area contributed by atoms with Crippen LogP contribution in [0, 0.1) is 17.8 Å². The highest BCUT2D eigenvalue weighted by atomic mass is 19.4. The van der Waals surface area contributed by atoms with E-state index in [1.807, 2.05) is 0 Å². The van der Waals surface area contributed by atoms with Gasteiger partial charge in [0.15, 0.2) is 5.60 Å². The molecule has 0 aromatic heterocycles. The van der Waals surface area contributed by atoms with Crippen molar-refractivity contribution in [3.8, 4) is 0 Å². The third-order valence-corrected chi connectivity index (χ3v) is 4.77. The van der Waals surface area contributed by atoms with E-state index in [1.54, 1.807) is 6.92 Å². The Bertz CT molecular complexity index is 442. The molecule has 5 atom stereocenters. The van der Waals surface area contributed by atoms with E-state index in [0.29, 0.717) is 12.8 Å². The highest BCUT2D eigenvalue weighted by Crippen LogP contribution is 2.53. The molecule has 2 rings (SSSR count). The minimum Gasteiger partial charge on any atom is -0.459 e. The molecule has 0 aromatic carbocycles. The number of hydrogen-bond donors (Lipinski definition) is 1. The number of esters is 1. The lowest BCUT2D eigenvalue weighted by Crippen LogP contribution is -2.45. The monoisotopic (exact) mass is 306 g/mol. The molecule has 3 nitrogen and oxygen atoms in total. The average molecular weight is 306 g/mol. The van der Waals surface area contributed by atoms with Gasteiger partial charge >= 0.3 is 12.1 Å². The molecule has 0 aromatic rings. The van der Waals surface area contributed by atoms with Crippen molar-refractivity contribution in [1.29, 1.82) is 0 Å². The fourth-order valence-electron chi connectivity index (χ4n) is 3.66. The maximum absolute atomic E-state index is 12.8. The van der Waals surface area contributed by atoms with Gasteiger partial charge in [-0.15, -0.1) is 0 Å². The summed E-state index contributed by atoms with van der Waals surface area (Å²) in [6, 6.07) is 0. The van der Waals surface area contributed by atoms with Crippen LogP contribution in [0.3, 0.4) is 0 Å². The largest absolute Gasteiger partial charge is 0.459 e. The number of aliphatic hydroxyl groups is 1. The molecule has 2 saturated carbocycles. The summed E-state index contributed by atoms with van der Waals surface area (Å²) in [5, 5.41) is 9.65. The van der Waals surface area contributed by atoms with E-state index >= 15 is 0 Å². The number of carbonyl (C=O) groups excluding carboxylic acids is 1. The number of carbonyl (C=O) groups is 1. The highest BCUT2D eigenvalue weighted by molar-refractivity contribution is 5.87. The first-order valence-electron chi connectivity index (χ1n) is 7.17. The summed E-state index contributed by atoms with van der Waals surface area (Å²) in [5.41, 5.74) is -2.40. The number of rotatable bonds is 4. The van der Waals surface area contributed by atoms with Crippen LogP contribution in [0.5, 0.6) is 0 Å². The van der Waals surface area contributed by atoms with Gasteiger partial charge < -0.3 is 9.84 Å². The number of alkyl halides is 3. The van der Waals surface area contributed by atoms with Crippen molar-refractivity contribution in [3.05, 3.63) is 12.2 Å². The smallest absolute Gasteiger partial charge is 0.416 e. The summed E-state index contributed by atoms with van der Waals surface area (Å²) >= 11 is 0. The molecule has 1 N–H and O–H groups in total. The molecule has 0 radical (unpaired) electrons. The van der Waals surface area contributed by atoms with Crippen LogP contribution in [0.2, 0.25) is 0 Å². The van der Waals surface area contributed by atoms with E-state index in [2.05, 4.69) is 6.58 Å². The van der Waals surface area contributed by atoms with Gasteiger partial charge in [0.05, 0.1) is 0 Å². The Hall–Kier alpha value is -1.04. The third kappa shape index (κ3) is 3.25. The Kier molecular flexibility index (Phi) is 4.12. The van der Waals surface area contributed by atoms with Gasteiger partial charge in [-0.2, -0.15) is 13.2 Å². The second-order valence-corrected chi connectivity index (χ2v) is 6.70. The molecule has 0 aliphatic heterocycles. The fourth-order valence-corrected chi connectivity index (χ4v) is 3.66. The first-order valence-corrected chi connectivity index (χ1v) is 7.17. The summed E-state index contributed by atoms with van der Waals surface area (Å²) in [6.45, 7) is 5.86. The van der Waals surface area contributed by atoms with Gasteiger partial charge in [-0.1, -0.05) is 6.58 Å². The van der Waals surface area contributed by atoms with E-state index in [4.69, 9.17) is 4.74 Å². The molecular weight excluding hydrogens is 285 g/mol. The van der Waals surface area contributed by atoms with Crippen LogP contribution in [0.15, 0.2) is 12.2 Å². The topological polar surface area (TPSA) is 46.5 Å². The van der Waals surface area contributed by atoms with E-state index in [9.17, 15) is 23.1 Å². The molecule has 0 spiro atoms. The standard InChI is InChI=1S/C15H21F3O3/c1-8(2)13(19)21-12-6-9-4-10(11(12)5-9)7-14(3,20)15(16,17)18/h9-12,20H,1,4-7H2,2-3H3. The van der Waals surface area contributed by atoms with Crippen LogP contribution in [-0.2, 0) is 9.53 Å². The molecule has 2 bridgehead atoms. The summed E-state index contributed by atoms with van der Waals surface area (Å²) in [5.74, 6) is -0.559. The Labute approximate surface area is 122 Å². The fraction of sp³-hybridized carbons (Fsp3) is 0.800. The van der Waals surface area contributed by atoms with Crippen molar-refractivity contribution >= 4 is 5.97 Å². The van der Waals surface area contributed by atoms with Crippen molar-refractivity contribution in [1.82, 2.24) is 0 Å². The predicted molar refractivity (Wildman–Crippen MR) is 70.3 cm³/mol. The third-order valence-electron chi connectivity index (χ3n) is 4.77. The van der Waals surface area contributed by atoms with E-state index in [0.717, 1.165) is 13.3 Å². The van der Waals surface area contributed by atoms with E-state index < -0.39 is 17.7 Å². The summed E-state index contributed by atoms with van der Waals surface area (Å²) in [6.07, 6.45) is -3.18. The zero-order valence-electron chi connectivity index (χ0n) is 12.2. The van der Waals surface area contributed by atoms with Crippen molar-refractivity contribution in [2.45, 2.75) is 57.4 Å². The lowest BCUT2D eigenvalue weighted by Gasteiger charge is -2.35. The van der Waals surface area contributed by atoms with Gasteiger partial charge in [0, 0.05) is 5.57 Å². The lowest BCUT2D eigenvalue weighted by molar-refractivity contribution is -0.260. The SMILES string of the molecule is C=C(C)C(=O)OC1CC2CC(CC(C)(O)C(F)(F)F)C1C2. The highest BCUT2D eigenvalue weighted by Gasteiger charge is 2.55. The Morgan fingerprint density at radius 1 is 1.33 bits per heavy atom. The van der Waals surface area contributed by atoms with Crippen LogP contribution in [-0.4, -0.2) is 29.0 Å². The van der Waals surface area contributed by atoms with Crippen LogP contribution in [0.1, 0.15) is 39.5 Å². The number of fused-ring (bicyclic) bond motifs is 2. The number of ether oxygens (including phenoxy) is 1. The quantitative estimate of drug-likeness (QED) is 0.641.